The lowest BCUT2D eigenvalue weighted by atomic mass is 9.95. The molecule has 2 unspecified atom stereocenters. The third-order valence-electron chi connectivity index (χ3n) is 3.17. The molecule has 0 saturated carbocycles. The number of alkyl halides is 3. The fourth-order valence-electron chi connectivity index (χ4n) is 2.13. The average Bonchev–Trinajstić information content (AvgIpc) is 2.60. The first kappa shape index (κ1) is 12.4. The Hall–Kier alpha value is -1.04. The summed E-state index contributed by atoms with van der Waals surface area (Å²) in [6, 6.07) is -0.622. The highest BCUT2D eigenvalue weighted by Crippen LogP contribution is 2.38. The van der Waals surface area contributed by atoms with Gasteiger partial charge in [0.25, 0.3) is 0 Å². The molecule has 1 aliphatic rings. The fraction of sp³-hybridized carbons (Fsp3) is 0.727. The van der Waals surface area contributed by atoms with Crippen molar-refractivity contribution in [3.63, 3.8) is 0 Å². The summed E-state index contributed by atoms with van der Waals surface area (Å²) in [5.74, 6) is -0.585. The van der Waals surface area contributed by atoms with E-state index in [-0.39, 0.29) is 18.9 Å². The van der Waals surface area contributed by atoms with Crippen LogP contribution in [0.3, 0.4) is 0 Å². The number of imidazole rings is 1. The standard InChI is InChI=1S/C11H16F3N3/c1-6(2)9-5-17-4-7(11(12,13)14)3-8(15)10(17)16-9/h5-8H,3-4,15H2,1-2H3. The van der Waals surface area contributed by atoms with Gasteiger partial charge in [-0.3, -0.25) is 0 Å². The molecule has 96 valence electrons. The van der Waals surface area contributed by atoms with Crippen molar-refractivity contribution in [2.75, 3.05) is 0 Å². The van der Waals surface area contributed by atoms with Gasteiger partial charge >= 0.3 is 6.18 Å². The molecule has 1 aromatic heterocycles. The Kier molecular flexibility index (Phi) is 2.93. The Bertz CT molecular complexity index is 409. The Morgan fingerprint density at radius 3 is 2.65 bits per heavy atom. The van der Waals surface area contributed by atoms with Crippen molar-refractivity contribution in [2.45, 2.75) is 44.9 Å². The number of aromatic nitrogens is 2. The molecule has 0 aliphatic carbocycles. The Morgan fingerprint density at radius 1 is 1.47 bits per heavy atom. The summed E-state index contributed by atoms with van der Waals surface area (Å²) >= 11 is 0. The molecule has 2 atom stereocenters. The summed E-state index contributed by atoms with van der Waals surface area (Å²) in [6.45, 7) is 3.86. The molecule has 2 N–H and O–H groups in total. The molecule has 6 heteroatoms. The smallest absolute Gasteiger partial charge is 0.333 e. The highest BCUT2D eigenvalue weighted by Gasteiger charge is 2.44. The van der Waals surface area contributed by atoms with E-state index in [9.17, 15) is 13.2 Å². The maximum Gasteiger partial charge on any atom is 0.393 e. The quantitative estimate of drug-likeness (QED) is 0.829. The van der Waals surface area contributed by atoms with Gasteiger partial charge in [-0.15, -0.1) is 0 Å². The Labute approximate surface area is 97.8 Å². The number of fused-ring (bicyclic) bond motifs is 1. The van der Waals surface area contributed by atoms with E-state index in [0.717, 1.165) is 5.69 Å². The molecule has 2 rings (SSSR count). The maximum absolute atomic E-state index is 12.7. The highest BCUT2D eigenvalue weighted by atomic mass is 19.4. The van der Waals surface area contributed by atoms with Crippen LogP contribution in [0, 0.1) is 5.92 Å². The monoisotopic (exact) mass is 247 g/mol. The van der Waals surface area contributed by atoms with E-state index in [2.05, 4.69) is 4.98 Å². The van der Waals surface area contributed by atoms with Crippen LogP contribution in [-0.2, 0) is 6.54 Å². The van der Waals surface area contributed by atoms with E-state index in [1.165, 1.54) is 0 Å². The van der Waals surface area contributed by atoms with Gasteiger partial charge in [0, 0.05) is 12.7 Å². The van der Waals surface area contributed by atoms with E-state index < -0.39 is 18.1 Å². The zero-order chi connectivity index (χ0) is 12.8. The first-order valence-corrected chi connectivity index (χ1v) is 5.68. The molecule has 0 saturated heterocycles. The molecule has 0 spiro atoms. The minimum Gasteiger partial charge on any atom is -0.333 e. The second-order valence-corrected chi connectivity index (χ2v) is 4.91. The minimum atomic E-state index is -4.18. The first-order valence-electron chi connectivity index (χ1n) is 5.68. The molecule has 3 nitrogen and oxygen atoms in total. The van der Waals surface area contributed by atoms with Crippen LogP contribution in [0.4, 0.5) is 13.2 Å². The van der Waals surface area contributed by atoms with Crippen LogP contribution in [0.2, 0.25) is 0 Å². The molecule has 2 heterocycles. The zero-order valence-corrected chi connectivity index (χ0v) is 9.83. The molecular formula is C11H16F3N3. The summed E-state index contributed by atoms with van der Waals surface area (Å²) < 4.78 is 39.6. The molecule has 0 fully saturated rings. The minimum absolute atomic E-state index is 0.0632. The van der Waals surface area contributed by atoms with Crippen LogP contribution in [0.1, 0.15) is 43.7 Å². The predicted molar refractivity (Wildman–Crippen MR) is 57.4 cm³/mol. The number of nitrogens with zero attached hydrogens (tertiary/aromatic N) is 2. The molecule has 0 bridgehead atoms. The lowest BCUT2D eigenvalue weighted by Gasteiger charge is -2.29. The van der Waals surface area contributed by atoms with Crippen LogP contribution < -0.4 is 5.73 Å². The lowest BCUT2D eigenvalue weighted by molar-refractivity contribution is -0.184. The molecule has 1 aliphatic heterocycles. The van der Waals surface area contributed by atoms with Crippen LogP contribution in [0.15, 0.2) is 6.20 Å². The van der Waals surface area contributed by atoms with Crippen molar-refractivity contribution in [3.8, 4) is 0 Å². The largest absolute Gasteiger partial charge is 0.393 e. The summed E-state index contributed by atoms with van der Waals surface area (Å²) in [6.07, 6.45) is -2.56. The van der Waals surface area contributed by atoms with Crippen molar-refractivity contribution < 1.29 is 13.2 Å². The van der Waals surface area contributed by atoms with Gasteiger partial charge in [0.05, 0.1) is 17.7 Å². The number of rotatable bonds is 1. The molecule has 0 radical (unpaired) electrons. The van der Waals surface area contributed by atoms with E-state index in [1.807, 2.05) is 13.8 Å². The van der Waals surface area contributed by atoms with Gasteiger partial charge in [0.15, 0.2) is 0 Å². The van der Waals surface area contributed by atoms with E-state index in [1.54, 1.807) is 10.8 Å². The topological polar surface area (TPSA) is 43.8 Å². The average molecular weight is 247 g/mol. The molecule has 0 aromatic carbocycles. The number of nitrogens with two attached hydrogens (primary N) is 1. The molecule has 1 aromatic rings. The number of hydrogen-bond donors (Lipinski definition) is 1. The van der Waals surface area contributed by atoms with Crippen molar-refractivity contribution >= 4 is 0 Å². The van der Waals surface area contributed by atoms with Crippen LogP contribution >= 0.6 is 0 Å². The summed E-state index contributed by atoms with van der Waals surface area (Å²) in [4.78, 5) is 4.32. The van der Waals surface area contributed by atoms with E-state index >= 15 is 0 Å². The van der Waals surface area contributed by atoms with Gasteiger partial charge in [-0.25, -0.2) is 4.98 Å². The Balaban J connectivity index is 2.30. The van der Waals surface area contributed by atoms with Gasteiger partial charge in [0.2, 0.25) is 0 Å². The molecular weight excluding hydrogens is 231 g/mol. The maximum atomic E-state index is 12.7. The number of halogens is 3. The van der Waals surface area contributed by atoms with E-state index in [4.69, 9.17) is 5.73 Å². The summed E-state index contributed by atoms with van der Waals surface area (Å²) in [7, 11) is 0. The van der Waals surface area contributed by atoms with Crippen molar-refractivity contribution in [3.05, 3.63) is 17.7 Å². The van der Waals surface area contributed by atoms with Gasteiger partial charge in [-0.2, -0.15) is 13.2 Å². The second kappa shape index (κ2) is 4.01. The summed E-state index contributed by atoms with van der Waals surface area (Å²) in [5.41, 5.74) is 6.57. The lowest BCUT2D eigenvalue weighted by Crippen LogP contribution is -2.36. The van der Waals surface area contributed by atoms with Gasteiger partial charge in [0.1, 0.15) is 5.82 Å². The van der Waals surface area contributed by atoms with Crippen molar-refractivity contribution in [1.29, 1.82) is 0 Å². The molecule has 17 heavy (non-hydrogen) atoms. The van der Waals surface area contributed by atoms with Crippen molar-refractivity contribution in [1.82, 2.24) is 9.55 Å². The highest BCUT2D eigenvalue weighted by molar-refractivity contribution is 5.13. The van der Waals surface area contributed by atoms with E-state index in [0.29, 0.717) is 5.82 Å². The molecule has 0 amide bonds. The van der Waals surface area contributed by atoms with Gasteiger partial charge in [-0.1, -0.05) is 13.8 Å². The SMILES string of the molecule is CC(C)c1cn2c(n1)C(N)CC(C(F)(F)F)C2. The second-order valence-electron chi connectivity index (χ2n) is 4.91. The first-order chi connectivity index (χ1) is 7.79. The summed E-state index contributed by atoms with van der Waals surface area (Å²) in [5, 5.41) is 0. The third-order valence-corrected chi connectivity index (χ3v) is 3.17. The zero-order valence-electron chi connectivity index (χ0n) is 9.83. The van der Waals surface area contributed by atoms with Gasteiger partial charge in [-0.05, 0) is 12.3 Å². The van der Waals surface area contributed by atoms with Gasteiger partial charge < -0.3 is 10.3 Å². The third kappa shape index (κ3) is 2.31. The Morgan fingerprint density at radius 2 is 2.12 bits per heavy atom. The predicted octanol–water partition coefficient (Wildman–Crippen LogP) is 2.59. The van der Waals surface area contributed by atoms with Crippen LogP contribution in [0.5, 0.6) is 0 Å². The normalized spacial score (nSPS) is 25.1. The number of hydrogen-bond acceptors (Lipinski definition) is 2. The van der Waals surface area contributed by atoms with Crippen LogP contribution in [-0.4, -0.2) is 15.7 Å². The van der Waals surface area contributed by atoms with Crippen molar-refractivity contribution in [2.24, 2.45) is 11.7 Å². The fourth-order valence-corrected chi connectivity index (χ4v) is 2.13. The van der Waals surface area contributed by atoms with Crippen LogP contribution in [0.25, 0.3) is 0 Å².